The van der Waals surface area contributed by atoms with Gasteiger partial charge in [0, 0.05) is 26.1 Å². The maximum absolute atomic E-state index is 13.8. The molecule has 138 valence electrons. The van der Waals surface area contributed by atoms with Gasteiger partial charge in [-0.3, -0.25) is 9.69 Å². The van der Waals surface area contributed by atoms with Crippen molar-refractivity contribution in [1.29, 1.82) is 0 Å². The molecule has 1 amide bonds. The summed E-state index contributed by atoms with van der Waals surface area (Å²) in [7, 11) is 1.21. The fourth-order valence-electron chi connectivity index (χ4n) is 3.92. The van der Waals surface area contributed by atoms with Crippen LogP contribution in [0.25, 0.3) is 0 Å². The molecular formula is C16H26F2N2O4. The Hall–Kier alpha value is -1.44. The van der Waals surface area contributed by atoms with E-state index in [1.165, 1.54) is 16.9 Å². The van der Waals surface area contributed by atoms with Crippen molar-refractivity contribution in [1.82, 2.24) is 9.80 Å². The molecule has 2 saturated heterocycles. The number of ether oxygens (including phenoxy) is 1. The number of halogens is 2. The van der Waals surface area contributed by atoms with Crippen molar-refractivity contribution in [2.24, 2.45) is 11.3 Å². The Kier molecular flexibility index (Phi) is 5.37. The molecule has 0 spiro atoms. The van der Waals surface area contributed by atoms with E-state index in [1.807, 2.05) is 13.8 Å². The van der Waals surface area contributed by atoms with Crippen LogP contribution < -0.4 is 0 Å². The number of methoxy groups -OCH3 is 1. The third-order valence-electron chi connectivity index (χ3n) is 5.32. The van der Waals surface area contributed by atoms with E-state index < -0.39 is 37.0 Å². The molecule has 0 aromatic carbocycles. The first-order valence-electron chi connectivity index (χ1n) is 8.23. The fourth-order valence-corrected chi connectivity index (χ4v) is 3.92. The molecule has 2 aliphatic heterocycles. The van der Waals surface area contributed by atoms with E-state index in [4.69, 9.17) is 5.11 Å². The van der Waals surface area contributed by atoms with Gasteiger partial charge in [0.05, 0.1) is 13.7 Å². The number of esters is 1. The van der Waals surface area contributed by atoms with Crippen LogP contribution in [-0.2, 0) is 9.53 Å². The molecule has 2 heterocycles. The molecule has 2 rings (SSSR count). The molecule has 0 radical (unpaired) electrons. The van der Waals surface area contributed by atoms with Crippen LogP contribution in [-0.4, -0.2) is 72.2 Å². The first-order chi connectivity index (χ1) is 11.1. The van der Waals surface area contributed by atoms with E-state index in [-0.39, 0.29) is 11.3 Å². The number of carbonyl (C=O) groups is 2. The van der Waals surface area contributed by atoms with Crippen molar-refractivity contribution in [3.63, 3.8) is 0 Å². The maximum Gasteiger partial charge on any atom is 0.407 e. The first kappa shape index (κ1) is 18.9. The number of carboxylic acid groups (broad SMARTS) is 1. The summed E-state index contributed by atoms with van der Waals surface area (Å²) >= 11 is 0. The van der Waals surface area contributed by atoms with Crippen LogP contribution in [0.1, 0.15) is 33.1 Å². The zero-order chi connectivity index (χ0) is 18.1. The quantitative estimate of drug-likeness (QED) is 0.790. The largest absolute Gasteiger partial charge is 0.468 e. The number of likely N-dealkylation sites (tertiary alicyclic amines) is 2. The van der Waals surface area contributed by atoms with Crippen LogP contribution in [0.3, 0.4) is 0 Å². The van der Waals surface area contributed by atoms with Crippen LogP contribution in [0.4, 0.5) is 13.6 Å². The Bertz CT molecular complexity index is 490. The normalized spacial score (nSPS) is 25.7. The lowest BCUT2D eigenvalue weighted by atomic mass is 9.73. The average Bonchev–Trinajstić information content (AvgIpc) is 2.80. The van der Waals surface area contributed by atoms with Crippen molar-refractivity contribution < 1.29 is 28.2 Å². The number of alkyl halides is 2. The second-order valence-electron chi connectivity index (χ2n) is 7.54. The molecular weight excluding hydrogens is 322 g/mol. The second kappa shape index (κ2) is 6.82. The molecule has 1 N–H and O–H groups in total. The zero-order valence-electron chi connectivity index (χ0n) is 14.4. The van der Waals surface area contributed by atoms with Crippen LogP contribution >= 0.6 is 0 Å². The SMILES string of the molecule is COC(=O)[C@H]1CC(F)(F)CN1CC(C)(C)C1CCN(C(=O)O)CC1. The number of nitrogens with zero attached hydrogens (tertiary/aromatic N) is 2. The van der Waals surface area contributed by atoms with E-state index in [0.29, 0.717) is 32.5 Å². The summed E-state index contributed by atoms with van der Waals surface area (Å²) in [5.74, 6) is -3.29. The lowest BCUT2D eigenvalue weighted by molar-refractivity contribution is -0.146. The molecule has 0 aromatic rings. The topological polar surface area (TPSA) is 70.1 Å². The molecule has 6 nitrogen and oxygen atoms in total. The molecule has 0 aliphatic carbocycles. The van der Waals surface area contributed by atoms with Crippen molar-refractivity contribution in [2.75, 3.05) is 33.3 Å². The third kappa shape index (κ3) is 4.15. The standard InChI is InChI=1S/C16H26F2N2O4/c1-15(2,11-4-6-19(7-5-11)14(22)23)9-20-10-16(17,18)8-12(20)13(21)24-3/h11-12H,4-10H2,1-3H3,(H,22,23)/t12-/m1/s1. The van der Waals surface area contributed by atoms with E-state index in [9.17, 15) is 18.4 Å². The zero-order valence-corrected chi connectivity index (χ0v) is 14.4. The van der Waals surface area contributed by atoms with E-state index >= 15 is 0 Å². The summed E-state index contributed by atoms with van der Waals surface area (Å²) in [5, 5.41) is 9.02. The van der Waals surface area contributed by atoms with Gasteiger partial charge in [-0.2, -0.15) is 0 Å². The Labute approximate surface area is 140 Å². The van der Waals surface area contributed by atoms with Gasteiger partial charge >= 0.3 is 12.1 Å². The maximum atomic E-state index is 13.8. The minimum absolute atomic E-state index is 0.223. The van der Waals surface area contributed by atoms with Gasteiger partial charge in [-0.1, -0.05) is 13.8 Å². The number of carbonyl (C=O) groups excluding carboxylic acids is 1. The number of piperidine rings is 1. The van der Waals surface area contributed by atoms with E-state index in [2.05, 4.69) is 4.74 Å². The Morgan fingerprint density at radius 1 is 1.29 bits per heavy atom. The highest BCUT2D eigenvalue weighted by molar-refractivity contribution is 5.76. The summed E-state index contributed by atoms with van der Waals surface area (Å²) in [6.45, 7) is 4.84. The number of hydrogen-bond acceptors (Lipinski definition) is 4. The summed E-state index contributed by atoms with van der Waals surface area (Å²) in [6.07, 6.45) is -0.0253. The van der Waals surface area contributed by atoms with Gasteiger partial charge in [0.25, 0.3) is 5.92 Å². The van der Waals surface area contributed by atoms with E-state index in [0.717, 1.165) is 0 Å². The van der Waals surface area contributed by atoms with Crippen LogP contribution in [0.15, 0.2) is 0 Å². The van der Waals surface area contributed by atoms with Crippen molar-refractivity contribution in [2.45, 2.75) is 45.1 Å². The van der Waals surface area contributed by atoms with Gasteiger partial charge < -0.3 is 14.7 Å². The van der Waals surface area contributed by atoms with Crippen molar-refractivity contribution in [3.05, 3.63) is 0 Å². The predicted molar refractivity (Wildman–Crippen MR) is 83.0 cm³/mol. The summed E-state index contributed by atoms with van der Waals surface area (Å²) in [4.78, 5) is 25.7. The molecule has 0 aromatic heterocycles. The summed E-state index contributed by atoms with van der Waals surface area (Å²) < 4.78 is 32.2. The van der Waals surface area contributed by atoms with E-state index in [1.54, 1.807) is 0 Å². The van der Waals surface area contributed by atoms with Crippen LogP contribution in [0.2, 0.25) is 0 Å². The molecule has 1 atom stereocenters. The minimum atomic E-state index is -2.89. The highest BCUT2D eigenvalue weighted by Crippen LogP contribution is 2.40. The van der Waals surface area contributed by atoms with Crippen LogP contribution in [0.5, 0.6) is 0 Å². The number of amides is 1. The molecule has 0 unspecified atom stereocenters. The van der Waals surface area contributed by atoms with Gasteiger partial charge in [-0.25, -0.2) is 13.6 Å². The Morgan fingerprint density at radius 2 is 1.88 bits per heavy atom. The van der Waals surface area contributed by atoms with Gasteiger partial charge in [-0.15, -0.1) is 0 Å². The lowest BCUT2D eigenvalue weighted by Crippen LogP contribution is -2.48. The monoisotopic (exact) mass is 348 g/mol. The van der Waals surface area contributed by atoms with Gasteiger partial charge in [0.1, 0.15) is 6.04 Å². The van der Waals surface area contributed by atoms with Gasteiger partial charge in [0.2, 0.25) is 0 Å². The highest BCUT2D eigenvalue weighted by atomic mass is 19.3. The molecule has 24 heavy (non-hydrogen) atoms. The predicted octanol–water partition coefficient (Wildman–Crippen LogP) is 2.29. The molecule has 0 bridgehead atoms. The fraction of sp³-hybridized carbons (Fsp3) is 0.875. The summed E-state index contributed by atoms with van der Waals surface area (Å²) in [5.41, 5.74) is -0.294. The first-order valence-corrected chi connectivity index (χ1v) is 8.23. The smallest absolute Gasteiger partial charge is 0.407 e. The molecule has 8 heteroatoms. The third-order valence-corrected chi connectivity index (χ3v) is 5.32. The molecule has 2 fully saturated rings. The highest BCUT2D eigenvalue weighted by Gasteiger charge is 2.50. The van der Waals surface area contributed by atoms with Gasteiger partial charge in [0.15, 0.2) is 0 Å². The van der Waals surface area contributed by atoms with Crippen molar-refractivity contribution in [3.8, 4) is 0 Å². The Balaban J connectivity index is 2.02. The molecule has 0 saturated carbocycles. The van der Waals surface area contributed by atoms with Crippen LogP contribution in [0, 0.1) is 11.3 Å². The summed E-state index contributed by atoms with van der Waals surface area (Å²) in [6, 6.07) is -0.914. The van der Waals surface area contributed by atoms with Crippen molar-refractivity contribution >= 4 is 12.1 Å². The minimum Gasteiger partial charge on any atom is -0.468 e. The Morgan fingerprint density at radius 3 is 2.38 bits per heavy atom. The molecule has 2 aliphatic rings. The van der Waals surface area contributed by atoms with Gasteiger partial charge in [-0.05, 0) is 24.2 Å². The lowest BCUT2D eigenvalue weighted by Gasteiger charge is -2.42. The second-order valence-corrected chi connectivity index (χ2v) is 7.54. The average molecular weight is 348 g/mol. The number of rotatable bonds is 4. The number of hydrogen-bond donors (Lipinski definition) is 1.